The summed E-state index contributed by atoms with van der Waals surface area (Å²) in [6, 6.07) is 8.66. The molecule has 0 aliphatic carbocycles. The van der Waals surface area contributed by atoms with Gasteiger partial charge in [0.1, 0.15) is 18.8 Å². The Kier molecular flexibility index (Phi) is 7.15. The Morgan fingerprint density at radius 2 is 1.85 bits per heavy atom. The summed E-state index contributed by atoms with van der Waals surface area (Å²) in [5, 5.41) is 14.8. The lowest BCUT2D eigenvalue weighted by atomic mass is 10.1. The molecular formula is C18H17Cl2FN4O2. The highest BCUT2D eigenvalue weighted by Crippen LogP contribution is 2.28. The van der Waals surface area contributed by atoms with Gasteiger partial charge < -0.3 is 15.9 Å². The van der Waals surface area contributed by atoms with E-state index in [9.17, 15) is 9.18 Å². The van der Waals surface area contributed by atoms with E-state index in [2.05, 4.69) is 10.5 Å². The standard InChI is InChI=1S/C18H17Cl2FN4O2/c1-27-25-15(11-2-4-12(21)5-3-11)9-17(26)24-16(22)8-10-6-13(19)18(23)14(20)7-10/h2-7H,8-9,23H2,1H3,(H2,22,24,26). The molecular weight excluding hydrogens is 394 g/mol. The van der Waals surface area contributed by atoms with Gasteiger partial charge in [-0.1, -0.05) is 40.5 Å². The quantitative estimate of drug-likeness (QED) is 0.292. The van der Waals surface area contributed by atoms with Crippen LogP contribution in [0.2, 0.25) is 10.0 Å². The van der Waals surface area contributed by atoms with E-state index in [1.54, 1.807) is 12.1 Å². The molecule has 2 rings (SSSR count). The smallest absolute Gasteiger partial charge is 0.231 e. The maximum Gasteiger partial charge on any atom is 0.231 e. The molecule has 0 spiro atoms. The van der Waals surface area contributed by atoms with Crippen molar-refractivity contribution in [3.05, 3.63) is 63.4 Å². The van der Waals surface area contributed by atoms with E-state index in [0.29, 0.717) is 16.8 Å². The maximum absolute atomic E-state index is 13.1. The van der Waals surface area contributed by atoms with Crippen molar-refractivity contribution in [3.63, 3.8) is 0 Å². The second-order valence-electron chi connectivity index (χ2n) is 5.58. The summed E-state index contributed by atoms with van der Waals surface area (Å²) in [5.41, 5.74) is 7.41. The molecule has 4 N–H and O–H groups in total. The number of amides is 1. The van der Waals surface area contributed by atoms with E-state index >= 15 is 0 Å². The number of halogens is 3. The number of rotatable bonds is 6. The van der Waals surface area contributed by atoms with E-state index in [-0.39, 0.29) is 34.4 Å². The minimum Gasteiger partial charge on any atom is -0.399 e. The topological polar surface area (TPSA) is 101 Å². The first kappa shape index (κ1) is 20.7. The molecule has 2 aromatic carbocycles. The van der Waals surface area contributed by atoms with Gasteiger partial charge in [0.25, 0.3) is 0 Å². The highest BCUT2D eigenvalue weighted by molar-refractivity contribution is 6.39. The van der Waals surface area contributed by atoms with Gasteiger partial charge in [-0.2, -0.15) is 0 Å². The van der Waals surface area contributed by atoms with Crippen LogP contribution in [0, 0.1) is 11.2 Å². The summed E-state index contributed by atoms with van der Waals surface area (Å²) in [4.78, 5) is 17.0. The van der Waals surface area contributed by atoms with Crippen LogP contribution >= 0.6 is 23.2 Å². The number of carbonyl (C=O) groups is 1. The third-order valence-electron chi connectivity index (χ3n) is 3.52. The number of nitrogens with two attached hydrogens (primary N) is 1. The fourth-order valence-electron chi connectivity index (χ4n) is 2.29. The molecule has 0 aliphatic rings. The van der Waals surface area contributed by atoms with E-state index in [4.69, 9.17) is 39.2 Å². The lowest BCUT2D eigenvalue weighted by Gasteiger charge is -2.10. The molecule has 0 aliphatic heterocycles. The molecule has 0 fully saturated rings. The Bertz CT molecular complexity index is 862. The number of anilines is 1. The third-order valence-corrected chi connectivity index (χ3v) is 4.14. The average molecular weight is 411 g/mol. The van der Waals surface area contributed by atoms with Crippen molar-refractivity contribution in [1.82, 2.24) is 5.32 Å². The van der Waals surface area contributed by atoms with E-state index in [1.807, 2.05) is 0 Å². The second kappa shape index (κ2) is 9.34. The van der Waals surface area contributed by atoms with Gasteiger partial charge in [0.05, 0.1) is 27.9 Å². The van der Waals surface area contributed by atoms with Crippen molar-refractivity contribution in [2.24, 2.45) is 5.16 Å². The lowest BCUT2D eigenvalue weighted by molar-refractivity contribution is -0.118. The van der Waals surface area contributed by atoms with Crippen molar-refractivity contribution >= 4 is 46.3 Å². The zero-order valence-electron chi connectivity index (χ0n) is 14.4. The van der Waals surface area contributed by atoms with Crippen LogP contribution in [0.3, 0.4) is 0 Å². The average Bonchev–Trinajstić information content (AvgIpc) is 2.59. The second-order valence-corrected chi connectivity index (χ2v) is 6.40. The van der Waals surface area contributed by atoms with Crippen LogP contribution < -0.4 is 11.1 Å². The molecule has 0 bridgehead atoms. The number of hydrogen-bond donors (Lipinski definition) is 3. The highest BCUT2D eigenvalue weighted by Gasteiger charge is 2.14. The predicted molar refractivity (Wildman–Crippen MR) is 105 cm³/mol. The first-order chi connectivity index (χ1) is 12.8. The number of nitrogen functional groups attached to an aromatic ring is 1. The van der Waals surface area contributed by atoms with Crippen LogP contribution in [0.4, 0.5) is 10.1 Å². The molecule has 6 nitrogen and oxygen atoms in total. The predicted octanol–water partition coefficient (Wildman–Crippen LogP) is 3.79. The Balaban J connectivity index is 2.02. The van der Waals surface area contributed by atoms with Crippen molar-refractivity contribution in [2.45, 2.75) is 12.8 Å². The monoisotopic (exact) mass is 410 g/mol. The molecule has 0 atom stereocenters. The fourth-order valence-corrected chi connectivity index (χ4v) is 2.82. The summed E-state index contributed by atoms with van der Waals surface area (Å²) < 4.78 is 13.1. The number of nitrogens with zero attached hydrogens (tertiary/aromatic N) is 1. The van der Waals surface area contributed by atoms with Crippen LogP contribution in [0.25, 0.3) is 0 Å². The number of oxime groups is 1. The van der Waals surface area contributed by atoms with E-state index in [1.165, 1.54) is 31.4 Å². The largest absolute Gasteiger partial charge is 0.399 e. The molecule has 0 heterocycles. The van der Waals surface area contributed by atoms with Crippen LogP contribution in [0.15, 0.2) is 41.6 Å². The molecule has 0 radical (unpaired) electrons. The number of amidine groups is 1. The Morgan fingerprint density at radius 1 is 1.26 bits per heavy atom. The minimum absolute atomic E-state index is 0.0484. The Labute approximate surface area is 165 Å². The van der Waals surface area contributed by atoms with E-state index in [0.717, 1.165) is 0 Å². The molecule has 0 aromatic heterocycles. The summed E-state index contributed by atoms with van der Waals surface area (Å²) in [5.74, 6) is -0.914. The molecule has 1 amide bonds. The molecule has 0 saturated carbocycles. The van der Waals surface area contributed by atoms with Gasteiger partial charge in [-0.05, 0) is 29.8 Å². The summed E-state index contributed by atoms with van der Waals surface area (Å²) in [6.07, 6.45) is -0.0378. The zero-order chi connectivity index (χ0) is 20.0. The third kappa shape index (κ3) is 5.94. The van der Waals surface area contributed by atoms with Crippen LogP contribution in [-0.2, 0) is 16.1 Å². The molecule has 27 heavy (non-hydrogen) atoms. The molecule has 9 heteroatoms. The van der Waals surface area contributed by atoms with Crippen molar-refractivity contribution in [1.29, 1.82) is 5.41 Å². The highest BCUT2D eigenvalue weighted by atomic mass is 35.5. The lowest BCUT2D eigenvalue weighted by Crippen LogP contribution is -2.32. The first-order valence-corrected chi connectivity index (χ1v) is 8.52. The van der Waals surface area contributed by atoms with Crippen molar-refractivity contribution in [3.8, 4) is 0 Å². The maximum atomic E-state index is 13.1. The van der Waals surface area contributed by atoms with Gasteiger partial charge >= 0.3 is 0 Å². The summed E-state index contributed by atoms with van der Waals surface area (Å²) in [6.45, 7) is 0. The van der Waals surface area contributed by atoms with Gasteiger partial charge in [0.15, 0.2) is 0 Å². The SMILES string of the molecule is CON=C(CC(=O)NC(=N)Cc1cc(Cl)c(N)c(Cl)c1)c1ccc(F)cc1. The summed E-state index contributed by atoms with van der Waals surface area (Å²) >= 11 is 11.9. The normalized spacial score (nSPS) is 11.2. The van der Waals surface area contributed by atoms with Gasteiger partial charge in [0.2, 0.25) is 5.91 Å². The van der Waals surface area contributed by atoms with Gasteiger partial charge in [-0.15, -0.1) is 0 Å². The Morgan fingerprint density at radius 3 is 2.41 bits per heavy atom. The fraction of sp³-hybridized carbons (Fsp3) is 0.167. The molecule has 2 aromatic rings. The van der Waals surface area contributed by atoms with Crippen molar-refractivity contribution < 1.29 is 14.0 Å². The van der Waals surface area contributed by atoms with Crippen molar-refractivity contribution in [2.75, 3.05) is 12.8 Å². The number of carbonyl (C=O) groups excluding carboxylic acids is 1. The minimum atomic E-state index is -0.465. The number of benzene rings is 2. The zero-order valence-corrected chi connectivity index (χ0v) is 15.9. The van der Waals surface area contributed by atoms with Gasteiger partial charge in [-0.3, -0.25) is 10.2 Å². The van der Waals surface area contributed by atoms with E-state index < -0.39 is 11.7 Å². The number of hydrogen-bond acceptors (Lipinski definition) is 5. The molecule has 0 saturated heterocycles. The van der Waals surface area contributed by atoms with Crippen LogP contribution in [-0.4, -0.2) is 24.6 Å². The molecule has 0 unspecified atom stereocenters. The van der Waals surface area contributed by atoms with Crippen LogP contribution in [0.5, 0.6) is 0 Å². The van der Waals surface area contributed by atoms with Gasteiger partial charge in [-0.25, -0.2) is 4.39 Å². The molecule has 142 valence electrons. The van der Waals surface area contributed by atoms with Gasteiger partial charge in [0, 0.05) is 12.0 Å². The Hall–Kier alpha value is -2.64. The number of nitrogens with one attached hydrogen (secondary N) is 2. The summed E-state index contributed by atoms with van der Waals surface area (Å²) in [7, 11) is 1.35. The van der Waals surface area contributed by atoms with Crippen LogP contribution in [0.1, 0.15) is 17.5 Å². The first-order valence-electron chi connectivity index (χ1n) is 7.76.